The summed E-state index contributed by atoms with van der Waals surface area (Å²) in [5.74, 6) is -1.93. The summed E-state index contributed by atoms with van der Waals surface area (Å²) in [5, 5.41) is 0.520. The molecule has 2 aliphatic rings. The van der Waals surface area contributed by atoms with Gasteiger partial charge >= 0.3 is 0 Å². The third kappa shape index (κ3) is 3.26. The molecule has 0 aliphatic carbocycles. The zero-order chi connectivity index (χ0) is 25.9. The van der Waals surface area contributed by atoms with Gasteiger partial charge in [-0.1, -0.05) is 41.9 Å². The maximum atomic E-state index is 14.5. The lowest BCUT2D eigenvalue weighted by Crippen LogP contribution is -2.54. The molecule has 0 radical (unpaired) electrons. The molecule has 1 unspecified atom stereocenters. The molecule has 4 aromatic rings. The van der Waals surface area contributed by atoms with Crippen LogP contribution in [0.15, 0.2) is 75.9 Å². The van der Waals surface area contributed by atoms with E-state index >= 15 is 0 Å². The van der Waals surface area contributed by atoms with E-state index in [1.165, 1.54) is 18.1 Å². The Morgan fingerprint density at radius 3 is 2.54 bits per heavy atom. The van der Waals surface area contributed by atoms with E-state index < -0.39 is 28.6 Å². The highest BCUT2D eigenvalue weighted by molar-refractivity contribution is 6.30. The Bertz CT molecular complexity index is 1650. The predicted octanol–water partition coefficient (Wildman–Crippen LogP) is 4.48. The quantitative estimate of drug-likeness (QED) is 0.389. The van der Waals surface area contributed by atoms with Gasteiger partial charge in [-0.3, -0.25) is 14.4 Å². The van der Waals surface area contributed by atoms with Crippen LogP contribution in [0, 0.1) is 5.82 Å². The van der Waals surface area contributed by atoms with Gasteiger partial charge in [0.1, 0.15) is 11.4 Å². The fraction of sp³-hybridized carbons (Fsp3) is 0.179. The Labute approximate surface area is 215 Å². The zero-order valence-electron chi connectivity index (χ0n) is 19.7. The Hall–Kier alpha value is -4.01. The van der Waals surface area contributed by atoms with E-state index in [0.717, 1.165) is 17.7 Å². The topological polar surface area (TPSA) is 80.1 Å². The maximum Gasteiger partial charge on any atom is 0.291 e. The van der Waals surface area contributed by atoms with E-state index in [0.29, 0.717) is 16.3 Å². The van der Waals surface area contributed by atoms with Gasteiger partial charge in [0.2, 0.25) is 5.76 Å². The normalized spacial score (nSPS) is 18.2. The lowest BCUT2D eigenvalue weighted by atomic mass is 9.84. The van der Waals surface area contributed by atoms with E-state index in [-0.39, 0.29) is 42.0 Å². The van der Waals surface area contributed by atoms with Crippen molar-refractivity contribution in [1.29, 1.82) is 0 Å². The molecule has 1 spiro atoms. The highest BCUT2D eigenvalue weighted by Crippen LogP contribution is 2.52. The average molecular weight is 519 g/mol. The molecule has 1 atom stereocenters. The Morgan fingerprint density at radius 1 is 1.03 bits per heavy atom. The third-order valence-electron chi connectivity index (χ3n) is 6.97. The summed E-state index contributed by atoms with van der Waals surface area (Å²) in [4.78, 5) is 45.1. The SMILES string of the molecule is COCCN1C(=O)c2oc3ccc(F)cc3c(=O)c2C12C(=O)N(Cc1ccc(Cl)cc1)c1ccccc12. The predicted molar refractivity (Wildman–Crippen MR) is 135 cm³/mol. The van der Waals surface area contributed by atoms with Crippen LogP contribution in [0.5, 0.6) is 0 Å². The molecular weight excluding hydrogens is 499 g/mol. The number of carbonyl (C=O) groups is 2. The summed E-state index contributed by atoms with van der Waals surface area (Å²) in [6.45, 7) is 0.332. The van der Waals surface area contributed by atoms with Gasteiger partial charge in [-0.25, -0.2) is 4.39 Å². The Balaban J connectivity index is 1.64. The van der Waals surface area contributed by atoms with Crippen LogP contribution in [0.2, 0.25) is 5.02 Å². The Morgan fingerprint density at radius 2 is 1.78 bits per heavy atom. The van der Waals surface area contributed by atoms with Crippen LogP contribution in [0.25, 0.3) is 11.0 Å². The number of fused-ring (bicyclic) bond motifs is 5. The molecule has 37 heavy (non-hydrogen) atoms. The van der Waals surface area contributed by atoms with Crippen LogP contribution in [0.1, 0.15) is 27.2 Å². The smallest absolute Gasteiger partial charge is 0.291 e. The van der Waals surface area contributed by atoms with Crippen LogP contribution >= 0.6 is 11.6 Å². The largest absolute Gasteiger partial charge is 0.450 e. The molecule has 186 valence electrons. The first kappa shape index (κ1) is 23.4. The van der Waals surface area contributed by atoms with Crippen molar-refractivity contribution in [3.05, 3.63) is 110 Å². The standard InChI is InChI=1S/C28H20ClFN2O5/c1-36-13-12-32-26(34)25-23(24(33)19-14-18(30)10-11-22(19)37-25)28(32)20-4-2-3-5-21(20)31(27(28)35)15-16-6-8-17(29)9-7-16/h2-11,14H,12-13,15H2,1H3. The van der Waals surface area contributed by atoms with Gasteiger partial charge in [0.15, 0.2) is 11.0 Å². The van der Waals surface area contributed by atoms with Gasteiger partial charge in [0.25, 0.3) is 11.8 Å². The number of carbonyl (C=O) groups excluding carboxylic acids is 2. The molecule has 0 saturated carbocycles. The van der Waals surface area contributed by atoms with Crippen LogP contribution in [-0.4, -0.2) is 37.0 Å². The summed E-state index contributed by atoms with van der Waals surface area (Å²) >= 11 is 6.04. The summed E-state index contributed by atoms with van der Waals surface area (Å²) in [6, 6.07) is 17.6. The molecule has 1 aromatic heterocycles. The molecule has 0 bridgehead atoms. The number of benzene rings is 3. The number of nitrogens with zero attached hydrogens (tertiary/aromatic N) is 2. The summed E-state index contributed by atoms with van der Waals surface area (Å²) in [7, 11) is 1.48. The first-order valence-corrected chi connectivity index (χ1v) is 12.0. The second-order valence-corrected chi connectivity index (χ2v) is 9.41. The van der Waals surface area contributed by atoms with E-state index in [2.05, 4.69) is 0 Å². The second kappa shape index (κ2) is 8.54. The minimum Gasteiger partial charge on any atom is -0.450 e. The van der Waals surface area contributed by atoms with Crippen LogP contribution < -0.4 is 10.3 Å². The highest BCUT2D eigenvalue weighted by atomic mass is 35.5. The fourth-order valence-corrected chi connectivity index (χ4v) is 5.50. The maximum absolute atomic E-state index is 14.5. The van der Waals surface area contributed by atoms with Crippen molar-refractivity contribution in [3.8, 4) is 0 Å². The van der Waals surface area contributed by atoms with Gasteiger partial charge < -0.3 is 19.0 Å². The number of anilines is 1. The fourth-order valence-electron chi connectivity index (χ4n) is 5.37. The van der Waals surface area contributed by atoms with E-state index in [9.17, 15) is 18.8 Å². The minimum atomic E-state index is -1.78. The zero-order valence-corrected chi connectivity index (χ0v) is 20.4. The van der Waals surface area contributed by atoms with E-state index in [4.69, 9.17) is 20.8 Å². The molecule has 0 fully saturated rings. The summed E-state index contributed by atoms with van der Waals surface area (Å²) < 4.78 is 25.3. The molecule has 2 aliphatic heterocycles. The molecule has 7 nitrogen and oxygen atoms in total. The van der Waals surface area contributed by atoms with Crippen LogP contribution in [0.3, 0.4) is 0 Å². The number of amides is 2. The van der Waals surface area contributed by atoms with Crippen molar-refractivity contribution in [1.82, 2.24) is 4.90 Å². The number of methoxy groups -OCH3 is 1. The number of ether oxygens (including phenoxy) is 1. The summed E-state index contributed by atoms with van der Waals surface area (Å²) in [5.41, 5.74) is -0.605. The lowest BCUT2D eigenvalue weighted by molar-refractivity contribution is -0.126. The Kier molecular flexibility index (Phi) is 5.40. The number of hydrogen-bond acceptors (Lipinski definition) is 5. The van der Waals surface area contributed by atoms with Gasteiger partial charge in [-0.05, 0) is 42.0 Å². The van der Waals surface area contributed by atoms with Crippen molar-refractivity contribution < 1.29 is 23.1 Å². The van der Waals surface area contributed by atoms with E-state index in [1.54, 1.807) is 41.3 Å². The molecule has 6 rings (SSSR count). The van der Waals surface area contributed by atoms with Gasteiger partial charge in [0, 0.05) is 24.2 Å². The van der Waals surface area contributed by atoms with Gasteiger partial charge in [-0.15, -0.1) is 0 Å². The minimum absolute atomic E-state index is 0.0263. The summed E-state index contributed by atoms with van der Waals surface area (Å²) in [6.07, 6.45) is 0. The molecule has 3 aromatic carbocycles. The average Bonchev–Trinajstić information content (AvgIpc) is 3.29. The molecule has 0 saturated heterocycles. The molecular formula is C28H20ClFN2O5. The second-order valence-electron chi connectivity index (χ2n) is 8.97. The first-order chi connectivity index (χ1) is 17.9. The van der Waals surface area contributed by atoms with Gasteiger partial charge in [-0.2, -0.15) is 0 Å². The number of halogens is 2. The lowest BCUT2D eigenvalue weighted by Gasteiger charge is -2.34. The highest BCUT2D eigenvalue weighted by Gasteiger charge is 2.64. The molecule has 9 heteroatoms. The van der Waals surface area contributed by atoms with Crippen molar-refractivity contribution in [2.24, 2.45) is 0 Å². The third-order valence-corrected chi connectivity index (χ3v) is 7.22. The molecule has 2 amide bonds. The van der Waals surface area contributed by atoms with Crippen molar-refractivity contribution in [3.63, 3.8) is 0 Å². The van der Waals surface area contributed by atoms with Crippen LogP contribution in [-0.2, 0) is 21.6 Å². The molecule has 3 heterocycles. The van der Waals surface area contributed by atoms with Crippen LogP contribution in [0.4, 0.5) is 10.1 Å². The van der Waals surface area contributed by atoms with Crippen molar-refractivity contribution in [2.75, 3.05) is 25.2 Å². The monoisotopic (exact) mass is 518 g/mol. The van der Waals surface area contributed by atoms with Crippen molar-refractivity contribution in [2.45, 2.75) is 12.1 Å². The first-order valence-electron chi connectivity index (χ1n) is 11.6. The van der Waals surface area contributed by atoms with E-state index in [1.807, 2.05) is 12.1 Å². The number of para-hydroxylation sites is 1. The number of hydrogen-bond donors (Lipinski definition) is 0. The van der Waals surface area contributed by atoms with Gasteiger partial charge in [0.05, 0.1) is 29.8 Å². The number of rotatable bonds is 5. The van der Waals surface area contributed by atoms with Crippen molar-refractivity contribution >= 4 is 40.1 Å². The molecule has 0 N–H and O–H groups in total.